The van der Waals surface area contributed by atoms with E-state index in [4.69, 9.17) is 5.11 Å². The summed E-state index contributed by atoms with van der Waals surface area (Å²) in [5.74, 6) is 1.24. The Kier molecular flexibility index (Phi) is 3.81. The first-order valence-electron chi connectivity index (χ1n) is 6.71. The topological polar surface area (TPSA) is 94.1 Å². The molecule has 0 saturated heterocycles. The molecule has 0 spiro atoms. The molecule has 0 aliphatic rings. The summed E-state index contributed by atoms with van der Waals surface area (Å²) in [5.41, 5.74) is 1.64. The minimum Gasteiger partial charge on any atom is -0.394 e. The van der Waals surface area contributed by atoms with E-state index in [0.29, 0.717) is 11.6 Å². The maximum Gasteiger partial charge on any atom is 0.163 e. The van der Waals surface area contributed by atoms with E-state index in [2.05, 4.69) is 20.3 Å². The van der Waals surface area contributed by atoms with Crippen molar-refractivity contribution in [3.8, 4) is 11.4 Å². The van der Waals surface area contributed by atoms with E-state index in [1.54, 1.807) is 6.20 Å². The van der Waals surface area contributed by atoms with Crippen LogP contribution in [0.25, 0.3) is 22.4 Å². The maximum absolute atomic E-state index is 9.46. The van der Waals surface area contributed by atoms with Crippen LogP contribution in [0.3, 0.4) is 0 Å². The van der Waals surface area contributed by atoms with Crippen molar-refractivity contribution in [1.82, 2.24) is 15.0 Å². The minimum atomic E-state index is -0.825. The van der Waals surface area contributed by atoms with E-state index < -0.39 is 6.10 Å². The van der Waals surface area contributed by atoms with Gasteiger partial charge in [0.05, 0.1) is 18.1 Å². The van der Waals surface area contributed by atoms with Gasteiger partial charge in [0.15, 0.2) is 5.82 Å². The molecular formula is C15H16N4O2. The summed E-state index contributed by atoms with van der Waals surface area (Å²) in [5, 5.41) is 22.3. The maximum atomic E-state index is 9.46. The third-order valence-corrected chi connectivity index (χ3v) is 3.16. The molecule has 6 nitrogen and oxygen atoms in total. The molecule has 3 aromatic rings. The molecular weight excluding hydrogens is 268 g/mol. The summed E-state index contributed by atoms with van der Waals surface area (Å²) >= 11 is 0. The largest absolute Gasteiger partial charge is 0.394 e. The second-order valence-electron chi connectivity index (χ2n) is 4.72. The molecule has 2 aromatic heterocycles. The zero-order valence-corrected chi connectivity index (χ0v) is 11.3. The number of nitrogens with one attached hydrogen (secondary N) is 2. The first-order valence-corrected chi connectivity index (χ1v) is 6.71. The van der Waals surface area contributed by atoms with Crippen molar-refractivity contribution < 1.29 is 10.2 Å². The Balaban J connectivity index is 2.00. The van der Waals surface area contributed by atoms with Crippen molar-refractivity contribution in [2.45, 2.75) is 6.10 Å². The first kappa shape index (κ1) is 13.5. The fraction of sp³-hybridized carbons (Fsp3) is 0.200. The lowest BCUT2D eigenvalue weighted by atomic mass is 10.2. The second kappa shape index (κ2) is 5.90. The number of hydrogen-bond acceptors (Lipinski definition) is 5. The number of rotatable bonds is 5. The highest BCUT2D eigenvalue weighted by atomic mass is 16.3. The zero-order valence-electron chi connectivity index (χ0n) is 11.3. The average molecular weight is 284 g/mol. The Morgan fingerprint density at radius 1 is 1.14 bits per heavy atom. The minimum absolute atomic E-state index is 0.224. The molecule has 0 saturated carbocycles. The summed E-state index contributed by atoms with van der Waals surface area (Å²) in [6.07, 6.45) is 0.969. The molecule has 1 unspecified atom stereocenters. The van der Waals surface area contributed by atoms with Gasteiger partial charge >= 0.3 is 0 Å². The number of aromatic nitrogens is 3. The molecule has 1 aromatic carbocycles. The molecule has 3 rings (SSSR count). The molecule has 0 radical (unpaired) electrons. The summed E-state index contributed by atoms with van der Waals surface area (Å²) in [6.45, 7) is -0.0675. The van der Waals surface area contributed by atoms with Crippen LogP contribution < -0.4 is 5.32 Å². The van der Waals surface area contributed by atoms with Crippen molar-refractivity contribution in [1.29, 1.82) is 0 Å². The third-order valence-electron chi connectivity index (χ3n) is 3.16. The van der Waals surface area contributed by atoms with Gasteiger partial charge in [0, 0.05) is 18.3 Å². The molecule has 1 atom stereocenters. The highest BCUT2D eigenvalue weighted by Gasteiger charge is 2.11. The molecule has 0 aliphatic heterocycles. The van der Waals surface area contributed by atoms with Gasteiger partial charge in [-0.15, -0.1) is 0 Å². The summed E-state index contributed by atoms with van der Waals surface area (Å²) in [7, 11) is 0. The van der Waals surface area contributed by atoms with Gasteiger partial charge in [-0.25, -0.2) is 9.97 Å². The van der Waals surface area contributed by atoms with Crippen molar-refractivity contribution in [3.63, 3.8) is 0 Å². The van der Waals surface area contributed by atoms with Crippen LogP contribution in [0.15, 0.2) is 42.6 Å². The molecule has 2 heterocycles. The van der Waals surface area contributed by atoms with Crippen LogP contribution in [0.2, 0.25) is 0 Å². The number of fused-ring (bicyclic) bond motifs is 1. The molecule has 4 N–H and O–H groups in total. The average Bonchev–Trinajstić information content (AvgIpc) is 3.01. The lowest BCUT2D eigenvalue weighted by molar-refractivity contribution is 0.105. The van der Waals surface area contributed by atoms with Crippen molar-refractivity contribution in [3.05, 3.63) is 42.6 Å². The highest BCUT2D eigenvalue weighted by molar-refractivity contribution is 5.88. The molecule has 0 aliphatic carbocycles. The number of aromatic amines is 1. The standard InChI is InChI=1S/C15H16N4O2/c20-9-11(21)8-17-15-12-6-7-16-14(12)18-13(19-15)10-4-2-1-3-5-10/h1-7,11,20-21H,8-9H2,(H2,16,17,18,19). The van der Waals surface area contributed by atoms with Gasteiger partial charge in [-0.2, -0.15) is 0 Å². The van der Waals surface area contributed by atoms with Gasteiger partial charge in [0.25, 0.3) is 0 Å². The van der Waals surface area contributed by atoms with Crippen LogP contribution in [-0.2, 0) is 0 Å². The van der Waals surface area contributed by atoms with Gasteiger partial charge in [0.2, 0.25) is 0 Å². The Hall–Kier alpha value is -2.44. The smallest absolute Gasteiger partial charge is 0.163 e. The Bertz CT molecular complexity index is 727. The molecule has 21 heavy (non-hydrogen) atoms. The fourth-order valence-corrected chi connectivity index (χ4v) is 2.07. The van der Waals surface area contributed by atoms with Gasteiger partial charge < -0.3 is 20.5 Å². The number of nitrogens with zero attached hydrogens (tertiary/aromatic N) is 2. The summed E-state index contributed by atoms with van der Waals surface area (Å²) in [6, 6.07) is 11.6. The van der Waals surface area contributed by atoms with Crippen molar-refractivity contribution >= 4 is 16.9 Å². The molecule has 108 valence electrons. The second-order valence-corrected chi connectivity index (χ2v) is 4.72. The summed E-state index contributed by atoms with van der Waals surface area (Å²) < 4.78 is 0. The fourth-order valence-electron chi connectivity index (χ4n) is 2.07. The van der Waals surface area contributed by atoms with Crippen LogP contribution in [0.4, 0.5) is 5.82 Å². The van der Waals surface area contributed by atoms with Crippen LogP contribution in [0, 0.1) is 0 Å². The predicted molar refractivity (Wildman–Crippen MR) is 80.9 cm³/mol. The van der Waals surface area contributed by atoms with E-state index in [0.717, 1.165) is 16.6 Å². The molecule has 6 heteroatoms. The van der Waals surface area contributed by atoms with E-state index in [1.165, 1.54) is 0 Å². The lowest BCUT2D eigenvalue weighted by Crippen LogP contribution is -2.23. The van der Waals surface area contributed by atoms with E-state index in [-0.39, 0.29) is 13.2 Å². The Labute approximate surface area is 121 Å². The van der Waals surface area contributed by atoms with Crippen LogP contribution >= 0.6 is 0 Å². The number of anilines is 1. The number of H-pyrrole nitrogens is 1. The van der Waals surface area contributed by atoms with Crippen LogP contribution in [0.5, 0.6) is 0 Å². The Morgan fingerprint density at radius 3 is 2.71 bits per heavy atom. The number of aliphatic hydroxyl groups excluding tert-OH is 2. The first-order chi connectivity index (χ1) is 10.3. The third kappa shape index (κ3) is 2.86. The SMILES string of the molecule is OCC(O)CNc1nc(-c2ccccc2)nc2[nH]ccc12. The van der Waals surface area contributed by atoms with Crippen LogP contribution in [-0.4, -0.2) is 44.4 Å². The molecule has 0 fully saturated rings. The summed E-state index contributed by atoms with van der Waals surface area (Å²) in [4.78, 5) is 12.1. The van der Waals surface area contributed by atoms with Gasteiger partial charge in [-0.05, 0) is 6.07 Å². The van der Waals surface area contributed by atoms with E-state index in [9.17, 15) is 5.11 Å². The van der Waals surface area contributed by atoms with Crippen molar-refractivity contribution in [2.75, 3.05) is 18.5 Å². The normalized spacial score (nSPS) is 12.5. The number of hydrogen-bond donors (Lipinski definition) is 4. The lowest BCUT2D eigenvalue weighted by Gasteiger charge is -2.11. The number of aliphatic hydroxyl groups is 2. The molecule has 0 amide bonds. The molecule has 0 bridgehead atoms. The number of benzene rings is 1. The van der Waals surface area contributed by atoms with Gasteiger partial charge in [-0.1, -0.05) is 30.3 Å². The van der Waals surface area contributed by atoms with Crippen molar-refractivity contribution in [2.24, 2.45) is 0 Å². The monoisotopic (exact) mass is 284 g/mol. The highest BCUT2D eigenvalue weighted by Crippen LogP contribution is 2.24. The quantitative estimate of drug-likeness (QED) is 0.568. The zero-order chi connectivity index (χ0) is 14.7. The van der Waals surface area contributed by atoms with Gasteiger partial charge in [-0.3, -0.25) is 0 Å². The van der Waals surface area contributed by atoms with Crippen LogP contribution in [0.1, 0.15) is 0 Å². The Morgan fingerprint density at radius 2 is 1.95 bits per heavy atom. The van der Waals surface area contributed by atoms with E-state index >= 15 is 0 Å². The van der Waals surface area contributed by atoms with Gasteiger partial charge in [0.1, 0.15) is 11.5 Å². The van der Waals surface area contributed by atoms with E-state index in [1.807, 2.05) is 36.4 Å². The predicted octanol–water partition coefficient (Wildman–Crippen LogP) is 1.39.